The Balaban J connectivity index is 1.47. The van der Waals surface area contributed by atoms with Gasteiger partial charge in [0.15, 0.2) is 0 Å². The van der Waals surface area contributed by atoms with Crippen molar-refractivity contribution in [2.45, 2.75) is 25.0 Å². The van der Waals surface area contributed by atoms with Gasteiger partial charge in [0, 0.05) is 43.1 Å². The molecule has 4 rings (SSSR count). The smallest absolute Gasteiger partial charge is 0.224 e. The first-order chi connectivity index (χ1) is 11.7. The highest BCUT2D eigenvalue weighted by molar-refractivity contribution is 5.88. The Bertz CT molecular complexity index is 867. The van der Waals surface area contributed by atoms with Crippen molar-refractivity contribution in [3.05, 3.63) is 54.2 Å². The molecule has 2 aromatic heterocycles. The molecule has 0 aliphatic carbocycles. The molecule has 0 radical (unpaired) electrons. The van der Waals surface area contributed by atoms with Crippen LogP contribution in [0, 0.1) is 0 Å². The summed E-state index contributed by atoms with van der Waals surface area (Å²) in [6.45, 7) is 0.634. The number of para-hydroxylation sites is 1. The summed E-state index contributed by atoms with van der Waals surface area (Å²) in [5.74, 6) is 0.861. The van der Waals surface area contributed by atoms with Gasteiger partial charge in [-0.25, -0.2) is 4.98 Å². The number of hydrogen-bond donors (Lipinski definition) is 2. The topological polar surface area (TPSA) is 71.9 Å². The van der Waals surface area contributed by atoms with Crippen LogP contribution in [0.1, 0.15) is 23.9 Å². The molecule has 2 N–H and O–H groups in total. The minimum atomic E-state index is -0.183. The van der Waals surface area contributed by atoms with Crippen LogP contribution in [0.25, 0.3) is 10.9 Å². The molecule has 1 fully saturated rings. The third kappa shape index (κ3) is 2.69. The van der Waals surface area contributed by atoms with Crippen LogP contribution in [-0.2, 0) is 23.0 Å². The number of nitrogens with zero attached hydrogens (tertiary/aromatic N) is 2. The zero-order valence-corrected chi connectivity index (χ0v) is 13.5. The molecule has 3 aromatic rings. The van der Waals surface area contributed by atoms with Crippen molar-refractivity contribution in [3.8, 4) is 0 Å². The number of nitrogens with one attached hydrogen (secondary N) is 2. The molecule has 0 unspecified atom stereocenters. The van der Waals surface area contributed by atoms with Crippen molar-refractivity contribution in [3.63, 3.8) is 0 Å². The minimum Gasteiger partial charge on any atom is -0.368 e. The van der Waals surface area contributed by atoms with Crippen LogP contribution in [0.4, 0.5) is 0 Å². The van der Waals surface area contributed by atoms with Gasteiger partial charge < -0.3 is 19.6 Å². The number of imidazole rings is 1. The molecule has 1 aliphatic rings. The summed E-state index contributed by atoms with van der Waals surface area (Å²) >= 11 is 0. The highest BCUT2D eigenvalue weighted by atomic mass is 16.5. The lowest BCUT2D eigenvalue weighted by Crippen LogP contribution is -2.38. The molecule has 2 atom stereocenters. The summed E-state index contributed by atoms with van der Waals surface area (Å²) in [6.07, 6.45) is 6.53. The van der Waals surface area contributed by atoms with Crippen LogP contribution < -0.4 is 5.32 Å². The van der Waals surface area contributed by atoms with Gasteiger partial charge in [0.05, 0.1) is 12.5 Å². The van der Waals surface area contributed by atoms with Crippen LogP contribution >= 0.6 is 0 Å². The van der Waals surface area contributed by atoms with Crippen molar-refractivity contribution in [2.24, 2.45) is 7.05 Å². The van der Waals surface area contributed by atoms with Crippen LogP contribution in [0.2, 0.25) is 0 Å². The number of aromatic nitrogens is 3. The summed E-state index contributed by atoms with van der Waals surface area (Å²) in [5, 5.41) is 4.21. The van der Waals surface area contributed by atoms with Gasteiger partial charge in [0.2, 0.25) is 5.91 Å². The molecular formula is C18H20N4O2. The van der Waals surface area contributed by atoms with Crippen LogP contribution in [0.3, 0.4) is 0 Å². The first-order valence-electron chi connectivity index (χ1n) is 8.15. The van der Waals surface area contributed by atoms with E-state index < -0.39 is 0 Å². The first-order valence-corrected chi connectivity index (χ1v) is 8.15. The van der Waals surface area contributed by atoms with Crippen molar-refractivity contribution in [2.75, 3.05) is 6.61 Å². The normalized spacial score (nSPS) is 20.5. The van der Waals surface area contributed by atoms with Gasteiger partial charge in [0.1, 0.15) is 11.9 Å². The summed E-state index contributed by atoms with van der Waals surface area (Å²) in [5.41, 5.74) is 2.06. The lowest BCUT2D eigenvalue weighted by atomic mass is 10.1. The predicted octanol–water partition coefficient (Wildman–Crippen LogP) is 2.09. The molecule has 1 saturated heterocycles. The number of hydrogen-bond acceptors (Lipinski definition) is 3. The number of benzene rings is 1. The van der Waals surface area contributed by atoms with E-state index in [9.17, 15) is 4.79 Å². The Morgan fingerprint density at radius 3 is 3.17 bits per heavy atom. The molecule has 0 saturated carbocycles. The van der Waals surface area contributed by atoms with E-state index in [0.29, 0.717) is 13.0 Å². The molecule has 1 amide bonds. The van der Waals surface area contributed by atoms with Gasteiger partial charge in [-0.05, 0) is 18.1 Å². The van der Waals surface area contributed by atoms with Crippen LogP contribution in [0.15, 0.2) is 42.9 Å². The van der Waals surface area contributed by atoms with Gasteiger partial charge in [-0.15, -0.1) is 0 Å². The van der Waals surface area contributed by atoms with Crippen molar-refractivity contribution in [1.29, 1.82) is 0 Å². The van der Waals surface area contributed by atoms with Crippen LogP contribution in [-0.4, -0.2) is 33.1 Å². The second kappa shape index (κ2) is 6.13. The standard InChI is InChI=1S/C18H20N4O2/c1-22-8-7-19-18(22)17-15(6-9-24-17)21-16(23)10-12-11-20-14-5-3-2-4-13(12)14/h2-5,7-8,11,15,17,20H,6,9-10H2,1H3,(H,21,23)/t15-,17-/m0/s1. The maximum atomic E-state index is 12.5. The highest BCUT2D eigenvalue weighted by Gasteiger charge is 2.33. The number of ether oxygens (including phenoxy) is 1. The lowest BCUT2D eigenvalue weighted by Gasteiger charge is -2.19. The first kappa shape index (κ1) is 15.0. The van der Waals surface area contributed by atoms with E-state index in [0.717, 1.165) is 28.7 Å². The number of amides is 1. The summed E-state index contributed by atoms with van der Waals surface area (Å²) in [7, 11) is 1.94. The van der Waals surface area contributed by atoms with Gasteiger partial charge in [-0.2, -0.15) is 0 Å². The average molecular weight is 324 g/mol. The molecular weight excluding hydrogens is 304 g/mol. The number of carbonyl (C=O) groups is 1. The van der Waals surface area contributed by atoms with E-state index in [-0.39, 0.29) is 18.1 Å². The van der Waals surface area contributed by atoms with Gasteiger partial charge in [-0.3, -0.25) is 4.79 Å². The molecule has 124 valence electrons. The fourth-order valence-electron chi connectivity index (χ4n) is 3.35. The monoisotopic (exact) mass is 324 g/mol. The third-order valence-corrected chi connectivity index (χ3v) is 4.58. The number of aromatic amines is 1. The van der Waals surface area contributed by atoms with Crippen molar-refractivity contribution >= 4 is 16.8 Å². The number of H-pyrrole nitrogens is 1. The highest BCUT2D eigenvalue weighted by Crippen LogP contribution is 2.28. The molecule has 3 heterocycles. The van der Waals surface area contributed by atoms with Gasteiger partial charge >= 0.3 is 0 Å². The van der Waals surface area contributed by atoms with Crippen molar-refractivity contribution in [1.82, 2.24) is 19.9 Å². The second-order valence-corrected chi connectivity index (χ2v) is 6.19. The molecule has 1 aliphatic heterocycles. The molecule has 0 bridgehead atoms. The quantitative estimate of drug-likeness (QED) is 0.772. The Hall–Kier alpha value is -2.60. The predicted molar refractivity (Wildman–Crippen MR) is 90.5 cm³/mol. The van der Waals surface area contributed by atoms with E-state index in [1.807, 2.05) is 48.3 Å². The Morgan fingerprint density at radius 2 is 2.33 bits per heavy atom. The Labute approximate surface area is 139 Å². The van der Waals surface area contributed by atoms with E-state index in [2.05, 4.69) is 15.3 Å². The number of fused-ring (bicyclic) bond motifs is 1. The number of carbonyl (C=O) groups excluding carboxylic acids is 1. The second-order valence-electron chi connectivity index (χ2n) is 6.19. The van der Waals surface area contributed by atoms with Gasteiger partial charge in [-0.1, -0.05) is 18.2 Å². The molecule has 1 aromatic carbocycles. The molecule has 6 nitrogen and oxygen atoms in total. The van der Waals surface area contributed by atoms with Crippen molar-refractivity contribution < 1.29 is 9.53 Å². The zero-order chi connectivity index (χ0) is 16.5. The van der Waals surface area contributed by atoms with Gasteiger partial charge in [0.25, 0.3) is 0 Å². The van der Waals surface area contributed by atoms with E-state index >= 15 is 0 Å². The third-order valence-electron chi connectivity index (χ3n) is 4.58. The largest absolute Gasteiger partial charge is 0.368 e. The maximum Gasteiger partial charge on any atom is 0.224 e. The van der Waals surface area contributed by atoms with E-state index in [1.165, 1.54) is 0 Å². The molecule has 6 heteroatoms. The fourth-order valence-corrected chi connectivity index (χ4v) is 3.35. The Kier molecular flexibility index (Phi) is 3.82. The summed E-state index contributed by atoms with van der Waals surface area (Å²) in [6, 6.07) is 7.97. The molecule has 24 heavy (non-hydrogen) atoms. The number of rotatable bonds is 4. The SMILES string of the molecule is Cn1ccnc1[C@H]1OCC[C@@H]1NC(=O)Cc1c[nH]c2ccccc12. The summed E-state index contributed by atoms with van der Waals surface area (Å²) < 4.78 is 7.73. The average Bonchev–Trinajstić information content (AvgIpc) is 3.28. The zero-order valence-electron chi connectivity index (χ0n) is 13.5. The lowest BCUT2D eigenvalue weighted by molar-refractivity contribution is -0.121. The van der Waals surface area contributed by atoms with Crippen LogP contribution in [0.5, 0.6) is 0 Å². The number of aryl methyl sites for hydroxylation is 1. The van der Waals surface area contributed by atoms with E-state index in [1.54, 1.807) is 6.20 Å². The Morgan fingerprint density at radius 1 is 1.46 bits per heavy atom. The minimum absolute atomic E-state index is 0.00876. The fraction of sp³-hybridized carbons (Fsp3) is 0.333. The maximum absolute atomic E-state index is 12.5. The molecule has 0 spiro atoms. The summed E-state index contributed by atoms with van der Waals surface area (Å²) in [4.78, 5) is 20.1. The van der Waals surface area contributed by atoms with E-state index in [4.69, 9.17) is 4.74 Å².